The molecule has 1 N–H and O–H groups in total. The Balaban J connectivity index is 1.70. The average molecular weight is 407 g/mol. The third-order valence-electron chi connectivity index (χ3n) is 3.85. The minimum absolute atomic E-state index is 0.211. The molecule has 0 fully saturated rings. The van der Waals surface area contributed by atoms with Gasteiger partial charge in [0.25, 0.3) is 5.91 Å². The van der Waals surface area contributed by atoms with Crippen LogP contribution in [-0.4, -0.2) is 29.7 Å². The van der Waals surface area contributed by atoms with Crippen LogP contribution >= 0.6 is 0 Å². The van der Waals surface area contributed by atoms with Crippen LogP contribution in [0.1, 0.15) is 33.2 Å². The Morgan fingerprint density at radius 3 is 2.60 bits per heavy atom. The van der Waals surface area contributed by atoms with E-state index in [1.165, 1.54) is 36.7 Å². The summed E-state index contributed by atoms with van der Waals surface area (Å²) in [5.41, 5.74) is 3.62. The van der Waals surface area contributed by atoms with Crippen LogP contribution in [0.2, 0.25) is 0 Å². The highest BCUT2D eigenvalue weighted by Gasteiger charge is 2.13. The number of hydrazone groups is 1. The molecule has 0 aliphatic heterocycles. The number of esters is 1. The van der Waals surface area contributed by atoms with Crippen molar-refractivity contribution in [3.05, 3.63) is 89.5 Å². The fraction of sp³-hybridized carbons (Fsp3) is 0.0909. The molecule has 8 heteroatoms. The molecular formula is C22H18FN3O4. The maximum absolute atomic E-state index is 13.0. The predicted octanol–water partition coefficient (Wildman–Crippen LogP) is 3.60. The van der Waals surface area contributed by atoms with Crippen molar-refractivity contribution < 1.29 is 23.5 Å². The minimum atomic E-state index is -0.638. The standard InChI is InChI=1S/C22H18FN3O4/c1-2-29-20-12-15(13-25-26-21(27)17-4-3-11-24-14-17)5-10-19(20)30-22(28)16-6-8-18(23)9-7-16/h3-14H,2H2,1H3,(H,26,27)/b25-13+. The Morgan fingerprint density at radius 1 is 1.10 bits per heavy atom. The van der Waals surface area contributed by atoms with Gasteiger partial charge in [-0.05, 0) is 67.1 Å². The summed E-state index contributed by atoms with van der Waals surface area (Å²) in [6.45, 7) is 2.14. The number of halogens is 1. The van der Waals surface area contributed by atoms with E-state index in [4.69, 9.17) is 9.47 Å². The summed E-state index contributed by atoms with van der Waals surface area (Å²) < 4.78 is 23.9. The lowest BCUT2D eigenvalue weighted by Crippen LogP contribution is -2.17. The maximum atomic E-state index is 13.0. The predicted molar refractivity (Wildman–Crippen MR) is 108 cm³/mol. The fourth-order valence-electron chi connectivity index (χ4n) is 2.43. The van der Waals surface area contributed by atoms with E-state index in [9.17, 15) is 14.0 Å². The first-order valence-electron chi connectivity index (χ1n) is 9.05. The summed E-state index contributed by atoms with van der Waals surface area (Å²) in [5, 5.41) is 3.91. The SMILES string of the molecule is CCOc1cc(/C=N/NC(=O)c2cccnc2)ccc1OC(=O)c1ccc(F)cc1. The second-order valence-electron chi connectivity index (χ2n) is 5.98. The maximum Gasteiger partial charge on any atom is 0.343 e. The van der Waals surface area contributed by atoms with Gasteiger partial charge in [0.1, 0.15) is 5.82 Å². The summed E-state index contributed by atoms with van der Waals surface area (Å²) in [5.74, 6) is -0.936. The van der Waals surface area contributed by atoms with Crippen LogP contribution in [-0.2, 0) is 0 Å². The van der Waals surface area contributed by atoms with Gasteiger partial charge in [0.15, 0.2) is 11.5 Å². The zero-order valence-electron chi connectivity index (χ0n) is 16.0. The van der Waals surface area contributed by atoms with Crippen molar-refractivity contribution in [3.63, 3.8) is 0 Å². The number of hydrogen-bond acceptors (Lipinski definition) is 6. The smallest absolute Gasteiger partial charge is 0.343 e. The number of pyridine rings is 1. The summed E-state index contributed by atoms with van der Waals surface area (Å²) >= 11 is 0. The molecule has 0 radical (unpaired) electrons. The monoisotopic (exact) mass is 407 g/mol. The Labute approximate surface area is 172 Å². The first-order chi connectivity index (χ1) is 14.6. The molecule has 2 aromatic carbocycles. The molecule has 0 bridgehead atoms. The third kappa shape index (κ3) is 5.48. The van der Waals surface area contributed by atoms with Crippen molar-refractivity contribution in [3.8, 4) is 11.5 Å². The molecule has 7 nitrogen and oxygen atoms in total. The van der Waals surface area contributed by atoms with Gasteiger partial charge in [-0.15, -0.1) is 0 Å². The second kappa shape index (κ2) is 9.92. The second-order valence-corrected chi connectivity index (χ2v) is 5.98. The molecule has 0 aliphatic carbocycles. The molecule has 0 spiro atoms. The van der Waals surface area contributed by atoms with Gasteiger partial charge in [-0.2, -0.15) is 5.10 Å². The van der Waals surface area contributed by atoms with Gasteiger partial charge < -0.3 is 9.47 Å². The molecule has 0 atom stereocenters. The number of carbonyl (C=O) groups is 2. The van der Waals surface area contributed by atoms with Gasteiger partial charge in [0, 0.05) is 12.4 Å². The summed E-state index contributed by atoms with van der Waals surface area (Å²) in [7, 11) is 0. The number of benzene rings is 2. The molecule has 1 heterocycles. The highest BCUT2D eigenvalue weighted by Crippen LogP contribution is 2.29. The van der Waals surface area contributed by atoms with Gasteiger partial charge in [-0.25, -0.2) is 14.6 Å². The molecule has 1 aromatic heterocycles. The van der Waals surface area contributed by atoms with Crippen LogP contribution < -0.4 is 14.9 Å². The number of nitrogens with one attached hydrogen (secondary N) is 1. The molecule has 1 amide bonds. The van der Waals surface area contributed by atoms with E-state index in [2.05, 4.69) is 15.5 Å². The first kappa shape index (κ1) is 20.7. The topological polar surface area (TPSA) is 89.9 Å². The largest absolute Gasteiger partial charge is 0.490 e. The molecule has 3 aromatic rings. The van der Waals surface area contributed by atoms with Gasteiger partial charge in [-0.1, -0.05) is 0 Å². The van der Waals surface area contributed by atoms with Crippen molar-refractivity contribution in [2.75, 3.05) is 6.61 Å². The molecule has 3 rings (SSSR count). The Kier molecular flexibility index (Phi) is 6.83. The van der Waals surface area contributed by atoms with Crippen LogP contribution in [0.25, 0.3) is 0 Å². The summed E-state index contributed by atoms with van der Waals surface area (Å²) in [6.07, 6.45) is 4.43. The number of hydrogen-bond donors (Lipinski definition) is 1. The fourth-order valence-corrected chi connectivity index (χ4v) is 2.43. The summed E-state index contributed by atoms with van der Waals surface area (Å²) in [4.78, 5) is 28.1. The lowest BCUT2D eigenvalue weighted by atomic mass is 10.2. The quantitative estimate of drug-likeness (QED) is 0.280. The average Bonchev–Trinajstić information content (AvgIpc) is 2.76. The van der Waals surface area contributed by atoms with Crippen molar-refractivity contribution >= 4 is 18.1 Å². The van der Waals surface area contributed by atoms with Crippen molar-refractivity contribution in [1.29, 1.82) is 0 Å². The molecular weight excluding hydrogens is 389 g/mol. The van der Waals surface area contributed by atoms with E-state index < -0.39 is 17.7 Å². The van der Waals surface area contributed by atoms with Gasteiger partial charge in [0.05, 0.1) is 23.9 Å². The first-order valence-corrected chi connectivity index (χ1v) is 9.05. The van der Waals surface area contributed by atoms with Gasteiger partial charge in [-0.3, -0.25) is 9.78 Å². The number of amides is 1. The van der Waals surface area contributed by atoms with Crippen LogP contribution in [0.3, 0.4) is 0 Å². The highest BCUT2D eigenvalue weighted by atomic mass is 19.1. The van der Waals surface area contributed by atoms with E-state index in [-0.39, 0.29) is 11.3 Å². The van der Waals surface area contributed by atoms with Crippen LogP contribution in [0.4, 0.5) is 4.39 Å². The van der Waals surface area contributed by atoms with Gasteiger partial charge in [0.2, 0.25) is 0 Å². The van der Waals surface area contributed by atoms with Crippen LogP contribution in [0.15, 0.2) is 72.1 Å². The Morgan fingerprint density at radius 2 is 1.90 bits per heavy atom. The van der Waals surface area contributed by atoms with Gasteiger partial charge >= 0.3 is 5.97 Å². The van der Waals surface area contributed by atoms with E-state index in [1.54, 1.807) is 43.5 Å². The number of nitrogens with zero attached hydrogens (tertiary/aromatic N) is 2. The van der Waals surface area contributed by atoms with E-state index >= 15 is 0 Å². The molecule has 30 heavy (non-hydrogen) atoms. The number of ether oxygens (including phenoxy) is 2. The number of carbonyl (C=O) groups excluding carboxylic acids is 2. The lowest BCUT2D eigenvalue weighted by molar-refractivity contribution is 0.0728. The molecule has 0 aliphatic rings. The zero-order chi connectivity index (χ0) is 21.3. The molecule has 0 saturated heterocycles. The van der Waals surface area contributed by atoms with Crippen molar-refractivity contribution in [2.45, 2.75) is 6.92 Å². The van der Waals surface area contributed by atoms with E-state index in [0.29, 0.717) is 23.5 Å². The Hall–Kier alpha value is -4.07. The highest BCUT2D eigenvalue weighted by molar-refractivity contribution is 5.94. The molecule has 0 saturated carbocycles. The van der Waals surface area contributed by atoms with E-state index in [0.717, 1.165) is 0 Å². The molecule has 0 unspecified atom stereocenters. The zero-order valence-corrected chi connectivity index (χ0v) is 16.0. The molecule has 152 valence electrons. The summed E-state index contributed by atoms with van der Waals surface area (Å²) in [6, 6.07) is 13.1. The third-order valence-corrected chi connectivity index (χ3v) is 3.85. The number of aromatic nitrogens is 1. The minimum Gasteiger partial charge on any atom is -0.490 e. The van der Waals surface area contributed by atoms with Crippen LogP contribution in [0, 0.1) is 5.82 Å². The van der Waals surface area contributed by atoms with E-state index in [1.807, 2.05) is 0 Å². The van der Waals surface area contributed by atoms with Crippen molar-refractivity contribution in [2.24, 2.45) is 5.10 Å². The Bertz CT molecular complexity index is 1050. The lowest BCUT2D eigenvalue weighted by Gasteiger charge is -2.11. The van der Waals surface area contributed by atoms with Crippen molar-refractivity contribution in [1.82, 2.24) is 10.4 Å². The number of rotatable bonds is 7. The van der Waals surface area contributed by atoms with Crippen LogP contribution in [0.5, 0.6) is 11.5 Å². The normalized spacial score (nSPS) is 10.6.